The lowest BCUT2D eigenvalue weighted by molar-refractivity contribution is 0.200. The van der Waals surface area contributed by atoms with Crippen LogP contribution in [0.3, 0.4) is 0 Å². The highest BCUT2D eigenvalue weighted by molar-refractivity contribution is 4.82. The first-order chi connectivity index (χ1) is 9.19. The maximum atomic E-state index is 3.74. The number of nitrogens with one attached hydrogen (secondary N) is 1. The zero-order chi connectivity index (χ0) is 13.7. The van der Waals surface area contributed by atoms with Crippen molar-refractivity contribution in [3.8, 4) is 0 Å². The molecular weight excluding hydrogens is 232 g/mol. The lowest BCUT2D eigenvalue weighted by Crippen LogP contribution is -2.46. The van der Waals surface area contributed by atoms with E-state index < -0.39 is 0 Å². The lowest BCUT2D eigenvalue weighted by atomic mass is 9.89. The Morgan fingerprint density at radius 3 is 2.74 bits per heavy atom. The van der Waals surface area contributed by atoms with E-state index in [2.05, 4.69) is 31.0 Å². The molecule has 2 aliphatic heterocycles. The first-order valence-electron chi connectivity index (χ1n) is 8.64. The van der Waals surface area contributed by atoms with Crippen LogP contribution in [-0.4, -0.2) is 37.1 Å². The van der Waals surface area contributed by atoms with E-state index in [1.165, 1.54) is 64.7 Å². The normalized spacial score (nSPS) is 34.4. The van der Waals surface area contributed by atoms with Crippen LogP contribution in [0.4, 0.5) is 0 Å². The third kappa shape index (κ3) is 4.75. The molecule has 2 heteroatoms. The van der Waals surface area contributed by atoms with Gasteiger partial charge in [-0.1, -0.05) is 27.2 Å². The summed E-state index contributed by atoms with van der Waals surface area (Å²) in [6, 6.07) is 0.759. The van der Waals surface area contributed by atoms with Crippen molar-refractivity contribution in [2.24, 2.45) is 17.8 Å². The third-order valence-electron chi connectivity index (χ3n) is 5.47. The number of hydrogen-bond donors (Lipinski definition) is 1. The van der Waals surface area contributed by atoms with Crippen molar-refractivity contribution in [2.45, 2.75) is 65.3 Å². The summed E-state index contributed by atoms with van der Waals surface area (Å²) in [6.07, 6.45) is 8.44. The van der Waals surface area contributed by atoms with Crippen LogP contribution >= 0.6 is 0 Å². The van der Waals surface area contributed by atoms with Crippen molar-refractivity contribution in [1.82, 2.24) is 10.2 Å². The van der Waals surface area contributed by atoms with Crippen LogP contribution in [0, 0.1) is 17.8 Å². The van der Waals surface area contributed by atoms with Crippen molar-refractivity contribution >= 4 is 0 Å². The smallest absolute Gasteiger partial charge is 0.0197 e. The van der Waals surface area contributed by atoms with Gasteiger partial charge in [0, 0.05) is 12.6 Å². The maximum absolute atomic E-state index is 3.74. The van der Waals surface area contributed by atoms with E-state index in [9.17, 15) is 0 Å². The standard InChI is InChI=1S/C17H34N2/c1-4-15-7-9-18-17(12-15)13-19-10-5-6-16(8-11-19)14(2)3/h14-18H,4-13H2,1-3H3. The van der Waals surface area contributed by atoms with Gasteiger partial charge < -0.3 is 10.2 Å². The molecule has 2 saturated heterocycles. The second-order valence-electron chi connectivity index (χ2n) is 7.19. The molecule has 0 aromatic carbocycles. The van der Waals surface area contributed by atoms with Gasteiger partial charge in [-0.25, -0.2) is 0 Å². The summed E-state index contributed by atoms with van der Waals surface area (Å²) in [5.41, 5.74) is 0. The average molecular weight is 266 g/mol. The van der Waals surface area contributed by atoms with Crippen LogP contribution in [0.25, 0.3) is 0 Å². The number of piperidine rings is 1. The van der Waals surface area contributed by atoms with Gasteiger partial charge in [0.25, 0.3) is 0 Å². The molecule has 0 saturated carbocycles. The molecule has 3 unspecified atom stereocenters. The highest BCUT2D eigenvalue weighted by Crippen LogP contribution is 2.25. The Balaban J connectivity index is 1.76. The van der Waals surface area contributed by atoms with Gasteiger partial charge in [-0.15, -0.1) is 0 Å². The molecule has 2 aliphatic rings. The summed E-state index contributed by atoms with van der Waals surface area (Å²) in [7, 11) is 0. The fourth-order valence-electron chi connectivity index (χ4n) is 3.95. The van der Waals surface area contributed by atoms with Crippen molar-refractivity contribution in [1.29, 1.82) is 0 Å². The highest BCUT2D eigenvalue weighted by Gasteiger charge is 2.24. The molecule has 0 spiro atoms. The Labute approximate surface area is 120 Å². The molecule has 0 bridgehead atoms. The molecule has 2 nitrogen and oxygen atoms in total. The summed E-state index contributed by atoms with van der Waals surface area (Å²) in [4.78, 5) is 2.73. The summed E-state index contributed by atoms with van der Waals surface area (Å²) in [5.74, 6) is 2.81. The van der Waals surface area contributed by atoms with Crippen LogP contribution in [0.15, 0.2) is 0 Å². The van der Waals surface area contributed by atoms with Crippen molar-refractivity contribution in [3.05, 3.63) is 0 Å². The van der Waals surface area contributed by atoms with Gasteiger partial charge in [0.2, 0.25) is 0 Å². The second kappa shape index (κ2) is 7.64. The van der Waals surface area contributed by atoms with Crippen molar-refractivity contribution in [2.75, 3.05) is 26.2 Å². The number of nitrogens with zero attached hydrogens (tertiary/aromatic N) is 1. The minimum Gasteiger partial charge on any atom is -0.313 e. The van der Waals surface area contributed by atoms with Gasteiger partial charge in [0.1, 0.15) is 0 Å². The van der Waals surface area contributed by atoms with Crippen LogP contribution in [-0.2, 0) is 0 Å². The van der Waals surface area contributed by atoms with Crippen LogP contribution in [0.2, 0.25) is 0 Å². The fraction of sp³-hybridized carbons (Fsp3) is 1.00. The topological polar surface area (TPSA) is 15.3 Å². The predicted octanol–water partition coefficient (Wildman–Crippen LogP) is 3.52. The van der Waals surface area contributed by atoms with E-state index in [0.29, 0.717) is 0 Å². The Morgan fingerprint density at radius 2 is 2.00 bits per heavy atom. The summed E-state index contributed by atoms with van der Waals surface area (Å²) in [6.45, 7) is 12.3. The number of likely N-dealkylation sites (tertiary alicyclic amines) is 1. The Hall–Kier alpha value is -0.0800. The van der Waals surface area contributed by atoms with Gasteiger partial charge in [0.05, 0.1) is 0 Å². The highest BCUT2D eigenvalue weighted by atomic mass is 15.1. The number of hydrogen-bond acceptors (Lipinski definition) is 2. The minimum absolute atomic E-state index is 0.759. The molecule has 1 N–H and O–H groups in total. The average Bonchev–Trinajstić information content (AvgIpc) is 2.65. The largest absolute Gasteiger partial charge is 0.313 e. The van der Waals surface area contributed by atoms with Gasteiger partial charge in [-0.3, -0.25) is 0 Å². The van der Waals surface area contributed by atoms with Gasteiger partial charge >= 0.3 is 0 Å². The van der Waals surface area contributed by atoms with E-state index in [1.54, 1.807) is 0 Å². The quantitative estimate of drug-likeness (QED) is 0.837. The van der Waals surface area contributed by atoms with Gasteiger partial charge in [0.15, 0.2) is 0 Å². The summed E-state index contributed by atoms with van der Waals surface area (Å²) >= 11 is 0. The molecule has 2 rings (SSSR count). The molecule has 0 aromatic heterocycles. The Morgan fingerprint density at radius 1 is 1.16 bits per heavy atom. The van der Waals surface area contributed by atoms with Crippen molar-refractivity contribution < 1.29 is 0 Å². The Bertz CT molecular complexity index is 252. The Kier molecular flexibility index (Phi) is 6.15. The van der Waals surface area contributed by atoms with Crippen molar-refractivity contribution in [3.63, 3.8) is 0 Å². The molecule has 112 valence electrons. The molecule has 2 fully saturated rings. The maximum Gasteiger partial charge on any atom is 0.0197 e. The molecule has 0 amide bonds. The molecule has 3 atom stereocenters. The van der Waals surface area contributed by atoms with E-state index >= 15 is 0 Å². The van der Waals surface area contributed by atoms with E-state index in [1.807, 2.05) is 0 Å². The monoisotopic (exact) mass is 266 g/mol. The first kappa shape index (κ1) is 15.3. The zero-order valence-electron chi connectivity index (χ0n) is 13.3. The molecule has 19 heavy (non-hydrogen) atoms. The zero-order valence-corrected chi connectivity index (χ0v) is 13.3. The van der Waals surface area contributed by atoms with Gasteiger partial charge in [-0.2, -0.15) is 0 Å². The molecular formula is C17H34N2. The minimum atomic E-state index is 0.759. The fourth-order valence-corrected chi connectivity index (χ4v) is 3.95. The summed E-state index contributed by atoms with van der Waals surface area (Å²) < 4.78 is 0. The molecule has 2 heterocycles. The molecule has 0 aromatic rings. The number of rotatable bonds is 4. The molecule has 0 aliphatic carbocycles. The summed E-state index contributed by atoms with van der Waals surface area (Å²) in [5, 5.41) is 3.74. The molecule has 0 radical (unpaired) electrons. The van der Waals surface area contributed by atoms with E-state index in [4.69, 9.17) is 0 Å². The first-order valence-corrected chi connectivity index (χ1v) is 8.64. The SMILES string of the molecule is CCC1CCNC(CN2CCCC(C(C)C)CC2)C1. The third-order valence-corrected chi connectivity index (χ3v) is 5.47. The van der Waals surface area contributed by atoms with E-state index in [0.717, 1.165) is 23.8 Å². The van der Waals surface area contributed by atoms with Crippen LogP contribution in [0.5, 0.6) is 0 Å². The van der Waals surface area contributed by atoms with Crippen LogP contribution in [0.1, 0.15) is 59.3 Å². The predicted molar refractivity (Wildman–Crippen MR) is 83.4 cm³/mol. The van der Waals surface area contributed by atoms with Gasteiger partial charge in [-0.05, 0) is 69.5 Å². The lowest BCUT2D eigenvalue weighted by Gasteiger charge is -2.33. The van der Waals surface area contributed by atoms with E-state index in [-0.39, 0.29) is 0 Å². The van der Waals surface area contributed by atoms with Crippen LogP contribution < -0.4 is 5.32 Å². The second-order valence-corrected chi connectivity index (χ2v) is 7.19.